The van der Waals surface area contributed by atoms with Crippen LogP contribution in [0, 0.1) is 3.57 Å². The van der Waals surface area contributed by atoms with Crippen molar-refractivity contribution in [1.29, 1.82) is 0 Å². The van der Waals surface area contributed by atoms with E-state index in [4.69, 9.17) is 0 Å². The minimum Gasteiger partial charge on any atom is -0.325 e. The number of hydrogen-bond acceptors (Lipinski definition) is 3. The highest BCUT2D eigenvalue weighted by molar-refractivity contribution is 14.1. The molecule has 0 aliphatic rings. The number of anilines is 1. The third-order valence-corrected chi connectivity index (χ3v) is 5.67. The number of halogens is 1. The minimum atomic E-state index is -0.0289. The second-order valence-electron chi connectivity index (χ2n) is 5.58. The van der Waals surface area contributed by atoms with Gasteiger partial charge in [-0.25, -0.2) is 4.98 Å². The first-order valence-electron chi connectivity index (χ1n) is 7.76. The number of rotatable bonds is 4. The number of amides is 1. The molecule has 25 heavy (non-hydrogen) atoms. The number of carbonyl (C=O) groups is 1. The van der Waals surface area contributed by atoms with Gasteiger partial charge >= 0.3 is 0 Å². The Balaban J connectivity index is 1.56. The van der Waals surface area contributed by atoms with Crippen molar-refractivity contribution >= 4 is 50.5 Å². The molecule has 4 rings (SSSR count). The standard InChI is InChI=1S/C19H14IN3OS/c20-15-8-4-5-9-16(15)21-18(24)10-14-12-25-19-22-17(11-23(14)19)13-6-2-1-3-7-13/h1-9,11-12H,10H2,(H,21,24). The van der Waals surface area contributed by atoms with E-state index in [1.165, 1.54) is 0 Å². The van der Waals surface area contributed by atoms with Crippen LogP contribution in [-0.2, 0) is 11.2 Å². The van der Waals surface area contributed by atoms with Crippen molar-refractivity contribution in [3.63, 3.8) is 0 Å². The maximum atomic E-state index is 12.4. The molecule has 4 nitrogen and oxygen atoms in total. The molecule has 0 bridgehead atoms. The van der Waals surface area contributed by atoms with Gasteiger partial charge in [-0.05, 0) is 34.7 Å². The summed E-state index contributed by atoms with van der Waals surface area (Å²) in [7, 11) is 0. The number of aromatic nitrogens is 2. The number of para-hydroxylation sites is 1. The predicted molar refractivity (Wildman–Crippen MR) is 110 cm³/mol. The van der Waals surface area contributed by atoms with Gasteiger partial charge in [-0.2, -0.15) is 0 Å². The normalized spacial score (nSPS) is 10.9. The average molecular weight is 459 g/mol. The summed E-state index contributed by atoms with van der Waals surface area (Å²) < 4.78 is 3.03. The quantitative estimate of drug-likeness (QED) is 0.444. The van der Waals surface area contributed by atoms with E-state index < -0.39 is 0 Å². The zero-order valence-corrected chi connectivity index (χ0v) is 16.1. The smallest absolute Gasteiger partial charge is 0.230 e. The van der Waals surface area contributed by atoms with Gasteiger partial charge in [0.1, 0.15) is 0 Å². The molecule has 1 amide bonds. The highest BCUT2D eigenvalue weighted by Gasteiger charge is 2.13. The summed E-state index contributed by atoms with van der Waals surface area (Å²) in [5, 5.41) is 4.97. The molecule has 0 unspecified atom stereocenters. The van der Waals surface area contributed by atoms with Gasteiger partial charge in [-0.3, -0.25) is 9.20 Å². The van der Waals surface area contributed by atoms with Crippen LogP contribution < -0.4 is 5.32 Å². The van der Waals surface area contributed by atoms with Gasteiger partial charge in [0.25, 0.3) is 0 Å². The lowest BCUT2D eigenvalue weighted by molar-refractivity contribution is -0.115. The molecular weight excluding hydrogens is 445 g/mol. The SMILES string of the molecule is O=C(Cc1csc2nc(-c3ccccc3)cn12)Nc1ccccc1I. The van der Waals surface area contributed by atoms with Crippen molar-refractivity contribution < 1.29 is 4.79 Å². The summed E-state index contributed by atoms with van der Waals surface area (Å²) in [6, 6.07) is 17.8. The maximum absolute atomic E-state index is 12.4. The molecule has 0 aliphatic heterocycles. The lowest BCUT2D eigenvalue weighted by atomic mass is 10.2. The topological polar surface area (TPSA) is 46.4 Å². The summed E-state index contributed by atoms with van der Waals surface area (Å²) in [5.74, 6) is -0.0289. The van der Waals surface area contributed by atoms with E-state index in [-0.39, 0.29) is 5.91 Å². The van der Waals surface area contributed by atoms with Gasteiger partial charge in [0, 0.05) is 26.4 Å². The monoisotopic (exact) mass is 459 g/mol. The van der Waals surface area contributed by atoms with E-state index in [1.54, 1.807) is 11.3 Å². The maximum Gasteiger partial charge on any atom is 0.230 e. The Morgan fingerprint density at radius 3 is 2.68 bits per heavy atom. The number of carbonyl (C=O) groups excluding carboxylic acids is 1. The third kappa shape index (κ3) is 3.45. The van der Waals surface area contributed by atoms with E-state index in [0.717, 1.165) is 31.2 Å². The summed E-state index contributed by atoms with van der Waals surface area (Å²) in [4.78, 5) is 18.0. The van der Waals surface area contributed by atoms with Crippen LogP contribution in [0.2, 0.25) is 0 Å². The Morgan fingerprint density at radius 1 is 1.12 bits per heavy atom. The molecule has 2 heterocycles. The number of thiazole rings is 1. The Morgan fingerprint density at radius 2 is 1.88 bits per heavy atom. The van der Waals surface area contributed by atoms with Gasteiger partial charge in [0.2, 0.25) is 5.91 Å². The Bertz CT molecular complexity index is 1040. The lowest BCUT2D eigenvalue weighted by Crippen LogP contribution is -2.16. The predicted octanol–water partition coefficient (Wildman–Crippen LogP) is 4.85. The highest BCUT2D eigenvalue weighted by Crippen LogP contribution is 2.24. The van der Waals surface area contributed by atoms with Crippen LogP contribution in [-0.4, -0.2) is 15.3 Å². The number of nitrogens with one attached hydrogen (secondary N) is 1. The summed E-state index contributed by atoms with van der Waals surface area (Å²) >= 11 is 3.77. The molecule has 0 fully saturated rings. The Hall–Kier alpha value is -2.19. The molecule has 0 atom stereocenters. The van der Waals surface area contributed by atoms with Crippen molar-refractivity contribution in [2.24, 2.45) is 0 Å². The van der Waals surface area contributed by atoms with Gasteiger partial charge in [0.05, 0.1) is 17.8 Å². The van der Waals surface area contributed by atoms with Crippen LogP contribution in [0.4, 0.5) is 5.69 Å². The zero-order valence-electron chi connectivity index (χ0n) is 13.1. The van der Waals surface area contributed by atoms with Crippen molar-refractivity contribution in [2.75, 3.05) is 5.32 Å². The number of imidazole rings is 1. The summed E-state index contributed by atoms with van der Waals surface area (Å²) in [6.07, 6.45) is 2.31. The first kappa shape index (κ1) is 16.3. The van der Waals surface area contributed by atoms with Crippen LogP contribution in [0.15, 0.2) is 66.2 Å². The van der Waals surface area contributed by atoms with Crippen LogP contribution in [0.1, 0.15) is 5.69 Å². The largest absolute Gasteiger partial charge is 0.325 e. The Kier molecular flexibility index (Phi) is 4.54. The van der Waals surface area contributed by atoms with Crippen molar-refractivity contribution in [3.8, 4) is 11.3 Å². The third-order valence-electron chi connectivity index (χ3n) is 3.84. The highest BCUT2D eigenvalue weighted by atomic mass is 127. The number of hydrogen-bond donors (Lipinski definition) is 1. The van der Waals surface area contributed by atoms with Crippen molar-refractivity contribution in [3.05, 3.63) is 75.4 Å². The molecule has 0 saturated carbocycles. The summed E-state index contributed by atoms with van der Waals surface area (Å²) in [5.41, 5.74) is 3.78. The molecule has 0 aliphatic carbocycles. The number of benzene rings is 2. The fraction of sp³-hybridized carbons (Fsp3) is 0.0526. The molecule has 2 aromatic heterocycles. The van der Waals surface area contributed by atoms with Crippen LogP contribution in [0.5, 0.6) is 0 Å². The van der Waals surface area contributed by atoms with Crippen LogP contribution in [0.25, 0.3) is 16.2 Å². The van der Waals surface area contributed by atoms with E-state index in [1.807, 2.05) is 70.6 Å². The molecule has 0 saturated heterocycles. The molecule has 6 heteroatoms. The van der Waals surface area contributed by atoms with E-state index in [2.05, 4.69) is 32.9 Å². The molecular formula is C19H14IN3OS. The second-order valence-corrected chi connectivity index (χ2v) is 7.58. The first-order valence-corrected chi connectivity index (χ1v) is 9.72. The van der Waals surface area contributed by atoms with Crippen molar-refractivity contribution in [2.45, 2.75) is 6.42 Å². The fourth-order valence-corrected chi connectivity index (χ4v) is 4.02. The number of fused-ring (bicyclic) bond motifs is 1. The fourth-order valence-electron chi connectivity index (χ4n) is 2.63. The van der Waals surface area contributed by atoms with Crippen molar-refractivity contribution in [1.82, 2.24) is 9.38 Å². The number of nitrogens with zero attached hydrogens (tertiary/aromatic N) is 2. The van der Waals surface area contributed by atoms with E-state index >= 15 is 0 Å². The van der Waals surface area contributed by atoms with Gasteiger partial charge in [-0.15, -0.1) is 11.3 Å². The van der Waals surface area contributed by atoms with Crippen LogP contribution >= 0.6 is 33.9 Å². The Labute approximate surface area is 162 Å². The molecule has 4 aromatic rings. The lowest BCUT2D eigenvalue weighted by Gasteiger charge is -2.06. The molecule has 2 aromatic carbocycles. The minimum absolute atomic E-state index is 0.0289. The average Bonchev–Trinajstić information content (AvgIpc) is 3.20. The molecule has 124 valence electrons. The molecule has 0 radical (unpaired) electrons. The summed E-state index contributed by atoms with van der Waals surface area (Å²) in [6.45, 7) is 0. The van der Waals surface area contributed by atoms with Gasteiger partial charge in [0.15, 0.2) is 4.96 Å². The molecule has 0 spiro atoms. The van der Waals surface area contributed by atoms with Gasteiger partial charge < -0.3 is 5.32 Å². The van der Waals surface area contributed by atoms with E-state index in [0.29, 0.717) is 6.42 Å². The van der Waals surface area contributed by atoms with Crippen LogP contribution in [0.3, 0.4) is 0 Å². The first-order chi connectivity index (χ1) is 12.2. The zero-order chi connectivity index (χ0) is 17.2. The molecule has 1 N–H and O–H groups in total. The van der Waals surface area contributed by atoms with E-state index in [9.17, 15) is 4.79 Å². The van der Waals surface area contributed by atoms with Gasteiger partial charge in [-0.1, -0.05) is 42.5 Å². The second kappa shape index (κ2) is 6.97.